The molecule has 0 saturated heterocycles. The van der Waals surface area contributed by atoms with Crippen molar-refractivity contribution in [3.05, 3.63) is 45.8 Å². The minimum absolute atomic E-state index is 0.240. The Morgan fingerprint density at radius 2 is 1.83 bits per heavy atom. The van der Waals surface area contributed by atoms with Crippen molar-refractivity contribution in [3.63, 3.8) is 0 Å². The lowest BCUT2D eigenvalue weighted by atomic mass is 9.95. The van der Waals surface area contributed by atoms with E-state index in [1.165, 1.54) is 21.8 Å². The summed E-state index contributed by atoms with van der Waals surface area (Å²) in [5.41, 5.74) is 2.79. The summed E-state index contributed by atoms with van der Waals surface area (Å²) < 4.78 is 11.2. The molecular formula is C23H29NO4S. The number of hydrogen-bond acceptors (Lipinski definition) is 5. The minimum Gasteiger partial charge on any atom is -0.481 e. The molecule has 2 aromatic rings. The Morgan fingerprint density at radius 1 is 1.10 bits per heavy atom. The number of amides is 1. The predicted molar refractivity (Wildman–Crippen MR) is 116 cm³/mol. The van der Waals surface area contributed by atoms with Crippen LogP contribution in [0.1, 0.15) is 66.4 Å². The fourth-order valence-corrected chi connectivity index (χ4v) is 4.84. The molecule has 1 amide bonds. The van der Waals surface area contributed by atoms with Crippen LogP contribution in [-0.4, -0.2) is 24.6 Å². The SMILES string of the molecule is CCOC(=O)c1c(NC(=O)[C@@H](CC)Oc2ccc(CC)cc2)sc2c1CCCC2. The summed E-state index contributed by atoms with van der Waals surface area (Å²) in [6.07, 6.45) is 4.82. The molecule has 3 rings (SSSR count). The average molecular weight is 416 g/mol. The van der Waals surface area contributed by atoms with Gasteiger partial charge in [0.1, 0.15) is 10.8 Å². The van der Waals surface area contributed by atoms with Crippen molar-refractivity contribution < 1.29 is 19.1 Å². The van der Waals surface area contributed by atoms with E-state index in [0.29, 0.717) is 29.3 Å². The van der Waals surface area contributed by atoms with Crippen molar-refractivity contribution in [2.45, 2.75) is 65.4 Å². The standard InChI is InChI=1S/C23H29NO4S/c1-4-15-11-13-16(14-12-15)28-18(5-2)21(25)24-22-20(23(26)27-6-3)17-9-7-8-10-19(17)29-22/h11-14,18H,4-10H2,1-3H3,(H,24,25)/t18-/m1/s1. The Hall–Kier alpha value is -2.34. The average Bonchev–Trinajstić information content (AvgIpc) is 3.10. The molecule has 0 spiro atoms. The number of ether oxygens (including phenoxy) is 2. The molecule has 1 aliphatic carbocycles. The second-order valence-electron chi connectivity index (χ2n) is 7.14. The molecule has 0 radical (unpaired) electrons. The van der Waals surface area contributed by atoms with Gasteiger partial charge in [0.05, 0.1) is 12.2 Å². The van der Waals surface area contributed by atoms with E-state index in [4.69, 9.17) is 9.47 Å². The Kier molecular flexibility index (Phi) is 7.31. The van der Waals surface area contributed by atoms with E-state index in [1.54, 1.807) is 6.92 Å². The zero-order valence-corrected chi connectivity index (χ0v) is 18.2. The number of carbonyl (C=O) groups excluding carboxylic acids is 2. The van der Waals surface area contributed by atoms with Crippen LogP contribution in [0.15, 0.2) is 24.3 Å². The molecule has 0 fully saturated rings. The number of anilines is 1. The lowest BCUT2D eigenvalue weighted by Crippen LogP contribution is -2.32. The quantitative estimate of drug-likeness (QED) is 0.605. The molecule has 29 heavy (non-hydrogen) atoms. The summed E-state index contributed by atoms with van der Waals surface area (Å²) in [7, 11) is 0. The van der Waals surface area contributed by atoms with E-state index in [2.05, 4.69) is 12.2 Å². The number of fused-ring (bicyclic) bond motifs is 1. The molecule has 1 heterocycles. The molecule has 1 aromatic carbocycles. The molecule has 0 saturated carbocycles. The summed E-state index contributed by atoms with van der Waals surface area (Å²) in [5.74, 6) is 0.0721. The van der Waals surface area contributed by atoms with Crippen molar-refractivity contribution in [1.29, 1.82) is 0 Å². The van der Waals surface area contributed by atoms with Crippen molar-refractivity contribution in [1.82, 2.24) is 0 Å². The van der Waals surface area contributed by atoms with E-state index in [-0.39, 0.29) is 11.9 Å². The Labute approximate surface area is 176 Å². The highest BCUT2D eigenvalue weighted by molar-refractivity contribution is 7.17. The van der Waals surface area contributed by atoms with Crippen molar-refractivity contribution in [2.24, 2.45) is 0 Å². The van der Waals surface area contributed by atoms with Crippen LogP contribution in [0.2, 0.25) is 0 Å². The normalized spacial score (nSPS) is 14.0. The van der Waals surface area contributed by atoms with Gasteiger partial charge in [-0.15, -0.1) is 11.3 Å². The van der Waals surface area contributed by atoms with Crippen LogP contribution in [0, 0.1) is 0 Å². The molecule has 0 bridgehead atoms. The molecule has 1 N–H and O–H groups in total. The first kappa shape index (κ1) is 21.4. The molecule has 0 aliphatic heterocycles. The van der Waals surface area contributed by atoms with Gasteiger partial charge in [-0.3, -0.25) is 4.79 Å². The molecule has 5 nitrogen and oxygen atoms in total. The third kappa shape index (κ3) is 4.99. The largest absolute Gasteiger partial charge is 0.481 e. The molecule has 1 aliphatic rings. The van der Waals surface area contributed by atoms with Gasteiger partial charge in [0.15, 0.2) is 6.10 Å². The van der Waals surface area contributed by atoms with Gasteiger partial charge in [-0.2, -0.15) is 0 Å². The Morgan fingerprint density at radius 3 is 2.48 bits per heavy atom. The maximum Gasteiger partial charge on any atom is 0.341 e. The lowest BCUT2D eigenvalue weighted by molar-refractivity contribution is -0.122. The predicted octanol–water partition coefficient (Wildman–Crippen LogP) is 5.16. The van der Waals surface area contributed by atoms with E-state index < -0.39 is 6.10 Å². The van der Waals surface area contributed by atoms with E-state index in [9.17, 15) is 9.59 Å². The maximum absolute atomic E-state index is 12.9. The van der Waals surface area contributed by atoms with Gasteiger partial charge >= 0.3 is 5.97 Å². The number of carbonyl (C=O) groups is 2. The Bertz CT molecular complexity index is 857. The fraction of sp³-hybridized carbons (Fsp3) is 0.478. The first-order valence-corrected chi connectivity index (χ1v) is 11.3. The third-order valence-electron chi connectivity index (χ3n) is 5.16. The zero-order valence-electron chi connectivity index (χ0n) is 17.4. The van der Waals surface area contributed by atoms with Gasteiger partial charge < -0.3 is 14.8 Å². The third-order valence-corrected chi connectivity index (χ3v) is 6.37. The van der Waals surface area contributed by atoms with Gasteiger partial charge in [-0.25, -0.2) is 4.79 Å². The highest BCUT2D eigenvalue weighted by Gasteiger charge is 2.29. The van der Waals surface area contributed by atoms with Crippen molar-refractivity contribution >= 4 is 28.2 Å². The Balaban J connectivity index is 1.78. The van der Waals surface area contributed by atoms with Crippen LogP contribution in [-0.2, 0) is 28.8 Å². The fourth-order valence-electron chi connectivity index (χ4n) is 3.56. The van der Waals surface area contributed by atoms with Crippen LogP contribution in [0.4, 0.5) is 5.00 Å². The van der Waals surface area contributed by atoms with Gasteiger partial charge in [0.2, 0.25) is 0 Å². The van der Waals surface area contributed by atoms with E-state index >= 15 is 0 Å². The van der Waals surface area contributed by atoms with Gasteiger partial charge in [0, 0.05) is 4.88 Å². The summed E-state index contributed by atoms with van der Waals surface area (Å²) in [6, 6.07) is 7.80. The topological polar surface area (TPSA) is 64.6 Å². The molecule has 0 unspecified atom stereocenters. The molecule has 1 atom stereocenters. The van der Waals surface area contributed by atoms with Gasteiger partial charge in [-0.1, -0.05) is 26.0 Å². The summed E-state index contributed by atoms with van der Waals surface area (Å²) in [4.78, 5) is 26.7. The minimum atomic E-state index is -0.628. The van der Waals surface area contributed by atoms with Crippen molar-refractivity contribution in [2.75, 3.05) is 11.9 Å². The zero-order chi connectivity index (χ0) is 20.8. The smallest absolute Gasteiger partial charge is 0.341 e. The summed E-state index contributed by atoms with van der Waals surface area (Å²) in [6.45, 7) is 6.11. The van der Waals surface area contributed by atoms with Gasteiger partial charge in [0.25, 0.3) is 5.91 Å². The summed E-state index contributed by atoms with van der Waals surface area (Å²) in [5, 5.41) is 3.54. The van der Waals surface area contributed by atoms with Crippen LogP contribution >= 0.6 is 11.3 Å². The first-order valence-electron chi connectivity index (χ1n) is 10.4. The number of rotatable bonds is 8. The molecule has 1 aromatic heterocycles. The maximum atomic E-state index is 12.9. The van der Waals surface area contributed by atoms with E-state index in [1.807, 2.05) is 31.2 Å². The molecular weight excluding hydrogens is 386 g/mol. The van der Waals surface area contributed by atoms with Crippen LogP contribution in [0.5, 0.6) is 5.75 Å². The van der Waals surface area contributed by atoms with Gasteiger partial charge in [-0.05, 0) is 68.7 Å². The van der Waals surface area contributed by atoms with Crippen LogP contribution < -0.4 is 10.1 Å². The monoisotopic (exact) mass is 415 g/mol. The number of nitrogens with one attached hydrogen (secondary N) is 1. The molecule has 6 heteroatoms. The second-order valence-corrected chi connectivity index (χ2v) is 8.24. The highest BCUT2D eigenvalue weighted by atomic mass is 32.1. The first-order chi connectivity index (χ1) is 14.1. The highest BCUT2D eigenvalue weighted by Crippen LogP contribution is 2.38. The number of thiophene rings is 1. The number of benzene rings is 1. The second kappa shape index (κ2) is 9.92. The number of hydrogen-bond donors (Lipinski definition) is 1. The molecule has 156 valence electrons. The van der Waals surface area contributed by atoms with Crippen molar-refractivity contribution in [3.8, 4) is 5.75 Å². The summed E-state index contributed by atoms with van der Waals surface area (Å²) >= 11 is 1.50. The van der Waals surface area contributed by atoms with Crippen LogP contribution in [0.25, 0.3) is 0 Å². The van der Waals surface area contributed by atoms with E-state index in [0.717, 1.165) is 37.7 Å². The lowest BCUT2D eigenvalue weighted by Gasteiger charge is -2.17. The number of esters is 1. The number of aryl methyl sites for hydroxylation is 2. The van der Waals surface area contributed by atoms with Crippen LogP contribution in [0.3, 0.4) is 0 Å².